The Kier molecular flexibility index (Phi) is 1.87. The summed E-state index contributed by atoms with van der Waals surface area (Å²) in [6.07, 6.45) is 0.00211. The molecule has 1 fully saturated rings. The first-order chi connectivity index (χ1) is 7.61. The number of para-hydroxylation sites is 2. The first-order valence-electron chi connectivity index (χ1n) is 5.43. The molecule has 2 aromatic rings. The maximum absolute atomic E-state index is 10.1. The van der Waals surface area contributed by atoms with E-state index in [-0.39, 0.29) is 0 Å². The van der Waals surface area contributed by atoms with E-state index in [2.05, 4.69) is 4.98 Å². The van der Waals surface area contributed by atoms with Gasteiger partial charge in [0.1, 0.15) is 11.6 Å². The Hall–Kier alpha value is -1.39. The van der Waals surface area contributed by atoms with Crippen LogP contribution in [0.2, 0.25) is 0 Å². The van der Waals surface area contributed by atoms with E-state index in [9.17, 15) is 5.11 Å². The van der Waals surface area contributed by atoms with Gasteiger partial charge in [-0.05, 0) is 24.5 Å². The summed E-state index contributed by atoms with van der Waals surface area (Å²) in [5.41, 5.74) is 6.93. The monoisotopic (exact) mass is 218 g/mol. The van der Waals surface area contributed by atoms with Gasteiger partial charge in [0.25, 0.3) is 0 Å². The Balaban J connectivity index is 2.00. The van der Waals surface area contributed by atoms with Crippen molar-refractivity contribution in [3.8, 4) is 0 Å². The second kappa shape index (κ2) is 3.06. The first kappa shape index (κ1) is 9.81. The highest BCUT2D eigenvalue weighted by Gasteiger charge is 2.55. The molecule has 1 aliphatic carbocycles. The van der Waals surface area contributed by atoms with Gasteiger partial charge >= 0.3 is 0 Å². The van der Waals surface area contributed by atoms with E-state index < -0.39 is 11.6 Å². The summed E-state index contributed by atoms with van der Waals surface area (Å²) in [4.78, 5) is 4.26. The van der Waals surface area contributed by atoms with E-state index in [0.29, 0.717) is 17.4 Å². The highest BCUT2D eigenvalue weighted by Crippen LogP contribution is 2.49. The molecule has 3 N–H and O–H groups in total. The number of fused-ring (bicyclic) bond motifs is 1. The molecule has 3 atom stereocenters. The van der Waals surface area contributed by atoms with Crippen molar-refractivity contribution in [1.29, 1.82) is 0 Å². The Labute approximate surface area is 93.1 Å². The quantitative estimate of drug-likeness (QED) is 0.803. The van der Waals surface area contributed by atoms with Gasteiger partial charge in [-0.15, -0.1) is 0 Å². The standard InChI is InChI=1S/C12H14N2O2/c1-7-6-12(7,13)10(15)11-14-8-4-2-3-5-9(8)16-11/h2-5,7,10,15H,6,13H2,1H3/t7-,10?,12?/m1/s1. The lowest BCUT2D eigenvalue weighted by Gasteiger charge is -2.14. The average molecular weight is 218 g/mol. The lowest BCUT2D eigenvalue weighted by molar-refractivity contribution is 0.102. The topological polar surface area (TPSA) is 72.3 Å². The maximum atomic E-state index is 10.1. The molecule has 1 aliphatic rings. The molecule has 0 spiro atoms. The normalized spacial score (nSPS) is 30.6. The minimum absolute atomic E-state index is 0.317. The number of nitrogens with two attached hydrogens (primary N) is 1. The Morgan fingerprint density at radius 3 is 2.88 bits per heavy atom. The molecular weight excluding hydrogens is 204 g/mol. The van der Waals surface area contributed by atoms with Crippen molar-refractivity contribution in [2.45, 2.75) is 25.0 Å². The smallest absolute Gasteiger partial charge is 0.226 e. The van der Waals surface area contributed by atoms with Crippen molar-refractivity contribution < 1.29 is 9.52 Å². The van der Waals surface area contributed by atoms with Crippen LogP contribution in [0.5, 0.6) is 0 Å². The molecule has 0 saturated heterocycles. The number of nitrogens with zero attached hydrogens (tertiary/aromatic N) is 1. The Morgan fingerprint density at radius 2 is 2.25 bits per heavy atom. The zero-order valence-electron chi connectivity index (χ0n) is 9.05. The van der Waals surface area contributed by atoms with E-state index in [0.717, 1.165) is 11.9 Å². The Morgan fingerprint density at radius 1 is 1.56 bits per heavy atom. The molecule has 3 rings (SSSR count). The van der Waals surface area contributed by atoms with Gasteiger partial charge in [0.2, 0.25) is 5.89 Å². The molecular formula is C12H14N2O2. The van der Waals surface area contributed by atoms with Gasteiger partial charge in [0.05, 0.1) is 5.54 Å². The summed E-state index contributed by atoms with van der Waals surface area (Å²) in [6.45, 7) is 2.02. The van der Waals surface area contributed by atoms with E-state index in [1.165, 1.54) is 0 Å². The second-order valence-electron chi connectivity index (χ2n) is 4.64. The highest BCUT2D eigenvalue weighted by atomic mass is 16.4. The van der Waals surface area contributed by atoms with Gasteiger partial charge in [0.15, 0.2) is 5.58 Å². The summed E-state index contributed by atoms with van der Waals surface area (Å²) < 4.78 is 5.50. The van der Waals surface area contributed by atoms with Crippen LogP contribution in [-0.2, 0) is 0 Å². The third-order valence-corrected chi connectivity index (χ3v) is 3.47. The fourth-order valence-corrected chi connectivity index (χ4v) is 2.09. The summed E-state index contributed by atoms with van der Waals surface area (Å²) in [7, 11) is 0. The third kappa shape index (κ3) is 1.27. The summed E-state index contributed by atoms with van der Waals surface area (Å²) >= 11 is 0. The fourth-order valence-electron chi connectivity index (χ4n) is 2.09. The SMILES string of the molecule is C[C@@H]1CC1(N)C(O)c1nc2ccccc2o1. The van der Waals surface area contributed by atoms with Crippen LogP contribution in [0.4, 0.5) is 0 Å². The van der Waals surface area contributed by atoms with Crippen molar-refractivity contribution in [3.05, 3.63) is 30.2 Å². The van der Waals surface area contributed by atoms with Crippen LogP contribution in [0.1, 0.15) is 25.3 Å². The number of aliphatic hydroxyl groups is 1. The molecule has 4 nitrogen and oxygen atoms in total. The molecule has 1 saturated carbocycles. The second-order valence-corrected chi connectivity index (χ2v) is 4.64. The minimum atomic E-state index is -0.810. The first-order valence-corrected chi connectivity index (χ1v) is 5.43. The van der Waals surface area contributed by atoms with Gasteiger partial charge in [-0.2, -0.15) is 0 Å². The van der Waals surface area contributed by atoms with Crippen molar-refractivity contribution in [1.82, 2.24) is 4.98 Å². The zero-order valence-corrected chi connectivity index (χ0v) is 9.05. The molecule has 2 unspecified atom stereocenters. The minimum Gasteiger partial charge on any atom is -0.438 e. The molecule has 4 heteroatoms. The largest absolute Gasteiger partial charge is 0.438 e. The van der Waals surface area contributed by atoms with Gasteiger partial charge < -0.3 is 15.3 Å². The van der Waals surface area contributed by atoms with E-state index in [1.807, 2.05) is 31.2 Å². The summed E-state index contributed by atoms with van der Waals surface area (Å²) in [6, 6.07) is 7.45. The van der Waals surface area contributed by atoms with Gasteiger partial charge in [-0.25, -0.2) is 4.98 Å². The van der Waals surface area contributed by atoms with Crippen LogP contribution in [0.25, 0.3) is 11.1 Å². The fraction of sp³-hybridized carbons (Fsp3) is 0.417. The Bertz CT molecular complexity index is 504. The average Bonchev–Trinajstić information content (AvgIpc) is 2.76. The molecule has 1 aromatic carbocycles. The van der Waals surface area contributed by atoms with E-state index >= 15 is 0 Å². The predicted molar refractivity (Wildman–Crippen MR) is 59.7 cm³/mol. The zero-order chi connectivity index (χ0) is 11.3. The van der Waals surface area contributed by atoms with Crippen molar-refractivity contribution >= 4 is 11.1 Å². The number of oxazole rings is 1. The summed E-state index contributed by atoms with van der Waals surface area (Å²) in [5.74, 6) is 0.644. The molecule has 1 aromatic heterocycles. The van der Waals surface area contributed by atoms with Crippen molar-refractivity contribution in [3.63, 3.8) is 0 Å². The predicted octanol–water partition coefficient (Wildman–Crippen LogP) is 1.60. The van der Waals surface area contributed by atoms with Gasteiger partial charge in [0, 0.05) is 0 Å². The number of rotatable bonds is 2. The molecule has 0 amide bonds. The number of aliphatic hydroxyl groups excluding tert-OH is 1. The van der Waals surface area contributed by atoms with Crippen LogP contribution in [0.15, 0.2) is 28.7 Å². The lowest BCUT2D eigenvalue weighted by Crippen LogP contribution is -2.32. The molecule has 0 radical (unpaired) electrons. The highest BCUT2D eigenvalue weighted by molar-refractivity contribution is 5.72. The molecule has 0 bridgehead atoms. The summed E-state index contributed by atoms with van der Waals surface area (Å²) in [5, 5.41) is 10.1. The number of hydrogen-bond donors (Lipinski definition) is 2. The van der Waals surface area contributed by atoms with Crippen molar-refractivity contribution in [2.75, 3.05) is 0 Å². The van der Waals surface area contributed by atoms with Crippen molar-refractivity contribution in [2.24, 2.45) is 11.7 Å². The number of benzene rings is 1. The molecule has 1 heterocycles. The van der Waals surface area contributed by atoms with Crippen LogP contribution in [0, 0.1) is 5.92 Å². The third-order valence-electron chi connectivity index (χ3n) is 3.47. The van der Waals surface area contributed by atoms with Crippen LogP contribution >= 0.6 is 0 Å². The van der Waals surface area contributed by atoms with Gasteiger partial charge in [-0.1, -0.05) is 19.1 Å². The molecule has 0 aliphatic heterocycles. The number of aromatic nitrogens is 1. The van der Waals surface area contributed by atoms with Crippen LogP contribution < -0.4 is 5.73 Å². The molecule has 16 heavy (non-hydrogen) atoms. The maximum Gasteiger partial charge on any atom is 0.226 e. The number of hydrogen-bond acceptors (Lipinski definition) is 4. The van der Waals surface area contributed by atoms with Crippen LogP contribution in [0.3, 0.4) is 0 Å². The molecule has 84 valence electrons. The lowest BCUT2D eigenvalue weighted by atomic mass is 10.1. The van der Waals surface area contributed by atoms with E-state index in [4.69, 9.17) is 10.2 Å². The van der Waals surface area contributed by atoms with E-state index in [1.54, 1.807) is 0 Å². The van der Waals surface area contributed by atoms with Gasteiger partial charge in [-0.3, -0.25) is 0 Å². The van der Waals surface area contributed by atoms with Crippen LogP contribution in [-0.4, -0.2) is 15.6 Å².